The van der Waals surface area contributed by atoms with Crippen molar-refractivity contribution >= 4 is 38.7 Å². The maximum absolute atomic E-state index is 14.3. The third kappa shape index (κ3) is 3.81. The molecule has 138 valence electrons. The van der Waals surface area contributed by atoms with Gasteiger partial charge in [-0.15, -0.1) is 22.7 Å². The molecule has 1 unspecified atom stereocenters. The number of rotatable bonds is 7. The minimum absolute atomic E-state index is 0.0935. The lowest BCUT2D eigenvalue weighted by Gasteiger charge is -2.23. The lowest BCUT2D eigenvalue weighted by atomic mass is 10.1. The summed E-state index contributed by atoms with van der Waals surface area (Å²) in [5.74, 6) is -0.518. The highest BCUT2D eigenvalue weighted by molar-refractivity contribution is 7.21. The largest absolute Gasteiger partial charge is 0.380 e. The van der Waals surface area contributed by atoms with E-state index in [4.69, 9.17) is 4.74 Å². The summed E-state index contributed by atoms with van der Waals surface area (Å²) in [6, 6.07) is 9.06. The summed E-state index contributed by atoms with van der Waals surface area (Å²) in [7, 11) is 5.52. The first-order valence-electron chi connectivity index (χ1n) is 8.19. The van der Waals surface area contributed by atoms with E-state index in [1.54, 1.807) is 24.5 Å². The van der Waals surface area contributed by atoms with E-state index in [0.29, 0.717) is 22.4 Å². The molecule has 1 amide bonds. The van der Waals surface area contributed by atoms with Crippen molar-refractivity contribution in [3.63, 3.8) is 0 Å². The molecule has 0 aliphatic carbocycles. The monoisotopic (exact) mass is 392 g/mol. The van der Waals surface area contributed by atoms with Crippen molar-refractivity contribution in [1.29, 1.82) is 0 Å². The third-order valence-electron chi connectivity index (χ3n) is 4.21. The Labute approximate surface area is 160 Å². The van der Waals surface area contributed by atoms with E-state index in [1.807, 2.05) is 31.6 Å². The molecular formula is C19H21FN2O2S2. The van der Waals surface area contributed by atoms with Crippen LogP contribution in [0.2, 0.25) is 0 Å². The Bertz CT molecular complexity index is 890. The van der Waals surface area contributed by atoms with Crippen molar-refractivity contribution in [3.05, 3.63) is 56.8 Å². The number of amides is 1. The van der Waals surface area contributed by atoms with Crippen molar-refractivity contribution in [2.24, 2.45) is 0 Å². The van der Waals surface area contributed by atoms with E-state index in [1.165, 1.54) is 22.3 Å². The predicted octanol–water partition coefficient (Wildman–Crippen LogP) is 4.28. The summed E-state index contributed by atoms with van der Waals surface area (Å²) in [4.78, 5) is 16.6. The first-order chi connectivity index (χ1) is 12.5. The van der Waals surface area contributed by atoms with Gasteiger partial charge in [0.25, 0.3) is 5.91 Å². The number of carbonyl (C=O) groups excluding carboxylic acids is 1. The molecular weight excluding hydrogens is 371 g/mol. The molecule has 7 heteroatoms. The SMILES string of the molecule is COCc1c(C(=O)NCC(c2cccs2)N(C)C)sc2cccc(F)c12. The molecule has 4 nitrogen and oxygen atoms in total. The average Bonchev–Trinajstić information content (AvgIpc) is 3.24. The van der Waals surface area contributed by atoms with Crippen LogP contribution in [-0.4, -0.2) is 38.6 Å². The minimum atomic E-state index is -0.324. The summed E-state index contributed by atoms with van der Waals surface area (Å²) >= 11 is 2.96. The van der Waals surface area contributed by atoms with Gasteiger partial charge in [-0.25, -0.2) is 4.39 Å². The summed E-state index contributed by atoms with van der Waals surface area (Å²) in [6.45, 7) is 0.682. The van der Waals surface area contributed by atoms with Gasteiger partial charge in [0.05, 0.1) is 17.5 Å². The average molecular weight is 393 g/mol. The minimum Gasteiger partial charge on any atom is -0.380 e. The van der Waals surface area contributed by atoms with Crippen LogP contribution in [0.25, 0.3) is 10.1 Å². The van der Waals surface area contributed by atoms with Gasteiger partial charge in [-0.2, -0.15) is 0 Å². The molecule has 0 saturated heterocycles. The molecule has 0 spiro atoms. The van der Waals surface area contributed by atoms with Crippen LogP contribution >= 0.6 is 22.7 Å². The smallest absolute Gasteiger partial charge is 0.261 e. The molecule has 1 atom stereocenters. The number of thiophene rings is 2. The third-order valence-corrected chi connectivity index (χ3v) is 6.38. The van der Waals surface area contributed by atoms with E-state index >= 15 is 0 Å². The molecule has 1 N–H and O–H groups in total. The molecule has 0 radical (unpaired) electrons. The number of nitrogens with zero attached hydrogens (tertiary/aromatic N) is 1. The lowest BCUT2D eigenvalue weighted by Crippen LogP contribution is -2.34. The zero-order chi connectivity index (χ0) is 18.7. The Morgan fingerprint density at radius 3 is 2.77 bits per heavy atom. The molecule has 3 aromatic rings. The van der Waals surface area contributed by atoms with Crippen molar-refractivity contribution in [2.45, 2.75) is 12.6 Å². The van der Waals surface area contributed by atoms with Gasteiger partial charge in [0, 0.05) is 34.2 Å². The van der Waals surface area contributed by atoms with Crippen molar-refractivity contribution in [2.75, 3.05) is 27.7 Å². The van der Waals surface area contributed by atoms with Gasteiger partial charge in [-0.3, -0.25) is 4.79 Å². The first kappa shape index (κ1) is 19.0. The van der Waals surface area contributed by atoms with E-state index in [9.17, 15) is 9.18 Å². The number of benzene rings is 1. The summed E-state index contributed by atoms with van der Waals surface area (Å²) in [5.41, 5.74) is 0.612. The Balaban J connectivity index is 1.85. The van der Waals surface area contributed by atoms with Gasteiger partial charge >= 0.3 is 0 Å². The summed E-state index contributed by atoms with van der Waals surface area (Å²) in [5, 5.41) is 5.51. The molecule has 0 saturated carbocycles. The number of fused-ring (bicyclic) bond motifs is 1. The van der Waals surface area contributed by atoms with Crippen molar-refractivity contribution in [1.82, 2.24) is 10.2 Å². The molecule has 0 fully saturated rings. The second-order valence-electron chi connectivity index (χ2n) is 6.16. The zero-order valence-electron chi connectivity index (χ0n) is 14.9. The van der Waals surface area contributed by atoms with Gasteiger partial charge in [0.1, 0.15) is 5.82 Å². The van der Waals surface area contributed by atoms with Crippen LogP contribution in [0.3, 0.4) is 0 Å². The fourth-order valence-corrected chi connectivity index (χ4v) is 4.98. The number of likely N-dealkylation sites (N-methyl/N-ethyl adjacent to an activating group) is 1. The molecule has 1 aromatic carbocycles. The maximum atomic E-state index is 14.3. The predicted molar refractivity (Wildman–Crippen MR) is 106 cm³/mol. The fraction of sp³-hybridized carbons (Fsp3) is 0.316. The van der Waals surface area contributed by atoms with Crippen LogP contribution in [0.4, 0.5) is 4.39 Å². The summed E-state index contributed by atoms with van der Waals surface area (Å²) < 4.78 is 20.2. The molecule has 3 rings (SSSR count). The molecule has 0 bridgehead atoms. The van der Waals surface area contributed by atoms with Crippen molar-refractivity contribution < 1.29 is 13.9 Å². The van der Waals surface area contributed by atoms with E-state index in [-0.39, 0.29) is 24.4 Å². The van der Waals surface area contributed by atoms with Crippen LogP contribution in [0.1, 0.15) is 26.2 Å². The topological polar surface area (TPSA) is 41.6 Å². The standard InChI is InChI=1S/C19H21FN2O2S2/c1-22(2)14(15-8-5-9-25-15)10-21-19(23)18-12(11-24-3)17-13(20)6-4-7-16(17)26-18/h4-9,14H,10-11H2,1-3H3,(H,21,23). The second kappa shape index (κ2) is 8.26. The van der Waals surface area contributed by atoms with Crippen molar-refractivity contribution in [3.8, 4) is 0 Å². The zero-order valence-corrected chi connectivity index (χ0v) is 16.5. The second-order valence-corrected chi connectivity index (χ2v) is 8.19. The number of halogens is 1. The molecule has 0 aliphatic rings. The highest BCUT2D eigenvalue weighted by atomic mass is 32.1. The van der Waals surface area contributed by atoms with Crippen LogP contribution < -0.4 is 5.32 Å². The number of nitrogens with one attached hydrogen (secondary N) is 1. The van der Waals surface area contributed by atoms with Gasteiger partial charge in [0.15, 0.2) is 0 Å². The highest BCUT2D eigenvalue weighted by Gasteiger charge is 2.22. The van der Waals surface area contributed by atoms with Crippen LogP contribution in [0.5, 0.6) is 0 Å². The van der Waals surface area contributed by atoms with Gasteiger partial charge in [-0.1, -0.05) is 12.1 Å². The van der Waals surface area contributed by atoms with Gasteiger partial charge in [0.2, 0.25) is 0 Å². The highest BCUT2D eigenvalue weighted by Crippen LogP contribution is 2.34. The first-order valence-corrected chi connectivity index (χ1v) is 9.89. The number of hydrogen-bond donors (Lipinski definition) is 1. The number of ether oxygens (including phenoxy) is 1. The van der Waals surface area contributed by atoms with Crippen LogP contribution in [0, 0.1) is 5.82 Å². The van der Waals surface area contributed by atoms with E-state index in [2.05, 4.69) is 16.3 Å². The van der Waals surface area contributed by atoms with Crippen LogP contribution in [0.15, 0.2) is 35.7 Å². The molecule has 2 heterocycles. The number of methoxy groups -OCH3 is 1. The summed E-state index contributed by atoms with van der Waals surface area (Å²) in [6.07, 6.45) is 0. The maximum Gasteiger partial charge on any atom is 0.261 e. The Morgan fingerprint density at radius 2 is 2.12 bits per heavy atom. The lowest BCUT2D eigenvalue weighted by molar-refractivity contribution is 0.0942. The Kier molecular flexibility index (Phi) is 6.03. The fourth-order valence-electron chi connectivity index (χ4n) is 2.92. The van der Waals surface area contributed by atoms with Gasteiger partial charge < -0.3 is 15.0 Å². The molecule has 26 heavy (non-hydrogen) atoms. The Morgan fingerprint density at radius 1 is 1.31 bits per heavy atom. The van der Waals surface area contributed by atoms with E-state index < -0.39 is 0 Å². The number of hydrogen-bond acceptors (Lipinski definition) is 5. The Hall–Kier alpha value is -1.80. The van der Waals surface area contributed by atoms with E-state index in [0.717, 1.165) is 4.70 Å². The molecule has 0 aliphatic heterocycles. The molecule has 2 aromatic heterocycles. The normalized spacial score (nSPS) is 12.7. The quantitative estimate of drug-likeness (QED) is 0.652. The van der Waals surface area contributed by atoms with Gasteiger partial charge in [-0.05, 0) is 37.7 Å². The van der Waals surface area contributed by atoms with Crippen LogP contribution in [-0.2, 0) is 11.3 Å². The number of carbonyl (C=O) groups is 1.